The van der Waals surface area contributed by atoms with Crippen molar-refractivity contribution in [1.82, 2.24) is 0 Å². The van der Waals surface area contributed by atoms with E-state index in [0.29, 0.717) is 15.6 Å². The Morgan fingerprint density at radius 2 is 1.68 bits per heavy atom. The lowest BCUT2D eigenvalue weighted by molar-refractivity contribution is -0.130. The molecular formula is C15H10Cl2O2. The third-order valence-electron chi connectivity index (χ3n) is 2.55. The van der Waals surface area contributed by atoms with Crippen LogP contribution in [0.5, 0.6) is 0 Å². The van der Waals surface area contributed by atoms with E-state index in [2.05, 4.69) is 0 Å². The van der Waals surface area contributed by atoms with E-state index < -0.39 is 5.97 Å². The summed E-state index contributed by atoms with van der Waals surface area (Å²) in [5.41, 5.74) is 1.52. The SMILES string of the molecule is O=C(O)/C(=C/c1cccc(Cl)c1)c1ccc(Cl)cc1. The van der Waals surface area contributed by atoms with Crippen molar-refractivity contribution in [2.45, 2.75) is 0 Å². The smallest absolute Gasteiger partial charge is 0.336 e. The molecule has 19 heavy (non-hydrogen) atoms. The normalized spacial score (nSPS) is 11.4. The van der Waals surface area contributed by atoms with Gasteiger partial charge < -0.3 is 5.11 Å². The van der Waals surface area contributed by atoms with E-state index in [1.54, 1.807) is 54.6 Å². The van der Waals surface area contributed by atoms with Crippen molar-refractivity contribution < 1.29 is 9.90 Å². The second kappa shape index (κ2) is 5.91. The van der Waals surface area contributed by atoms with Gasteiger partial charge in [0, 0.05) is 10.0 Å². The van der Waals surface area contributed by atoms with Crippen LogP contribution in [0.2, 0.25) is 10.0 Å². The minimum absolute atomic E-state index is 0.193. The van der Waals surface area contributed by atoms with Crippen molar-refractivity contribution >= 4 is 40.8 Å². The fourth-order valence-electron chi connectivity index (χ4n) is 1.66. The van der Waals surface area contributed by atoms with E-state index in [1.165, 1.54) is 0 Å². The van der Waals surface area contributed by atoms with Gasteiger partial charge in [0.25, 0.3) is 0 Å². The molecule has 4 heteroatoms. The molecule has 2 rings (SSSR count). The summed E-state index contributed by atoms with van der Waals surface area (Å²) >= 11 is 11.7. The van der Waals surface area contributed by atoms with Crippen LogP contribution in [-0.4, -0.2) is 11.1 Å². The summed E-state index contributed by atoms with van der Waals surface area (Å²) in [6.07, 6.45) is 1.58. The lowest BCUT2D eigenvalue weighted by Crippen LogP contribution is -1.99. The van der Waals surface area contributed by atoms with Gasteiger partial charge in [-0.05, 0) is 41.5 Å². The van der Waals surface area contributed by atoms with E-state index >= 15 is 0 Å². The molecule has 0 aromatic heterocycles. The number of carboxylic acid groups (broad SMARTS) is 1. The maximum Gasteiger partial charge on any atom is 0.336 e. The molecule has 0 unspecified atom stereocenters. The van der Waals surface area contributed by atoms with Crippen LogP contribution in [0.25, 0.3) is 11.6 Å². The summed E-state index contributed by atoms with van der Waals surface area (Å²) in [5.74, 6) is -0.998. The number of hydrogen-bond donors (Lipinski definition) is 1. The molecule has 96 valence electrons. The molecule has 2 aromatic rings. The van der Waals surface area contributed by atoms with Gasteiger partial charge >= 0.3 is 5.97 Å². The van der Waals surface area contributed by atoms with Gasteiger partial charge in [0.15, 0.2) is 0 Å². The van der Waals surface area contributed by atoms with Gasteiger partial charge in [-0.1, -0.05) is 47.5 Å². The van der Waals surface area contributed by atoms with Crippen molar-refractivity contribution in [1.29, 1.82) is 0 Å². The molecule has 1 N–H and O–H groups in total. The van der Waals surface area contributed by atoms with Crippen LogP contribution < -0.4 is 0 Å². The number of benzene rings is 2. The van der Waals surface area contributed by atoms with Crippen LogP contribution in [0, 0.1) is 0 Å². The van der Waals surface area contributed by atoms with Crippen molar-refractivity contribution in [3.63, 3.8) is 0 Å². The van der Waals surface area contributed by atoms with Gasteiger partial charge in [-0.2, -0.15) is 0 Å². The summed E-state index contributed by atoms with van der Waals surface area (Å²) in [5, 5.41) is 10.4. The maximum atomic E-state index is 11.3. The molecule has 0 saturated heterocycles. The predicted octanol–water partition coefficient (Wildman–Crippen LogP) is 4.62. The van der Waals surface area contributed by atoms with E-state index in [0.717, 1.165) is 5.56 Å². The molecule has 0 aliphatic heterocycles. The Labute approximate surface area is 120 Å². The molecule has 0 spiro atoms. The van der Waals surface area contributed by atoms with Crippen LogP contribution in [0.3, 0.4) is 0 Å². The van der Waals surface area contributed by atoms with Gasteiger partial charge in [-0.15, -0.1) is 0 Å². The maximum absolute atomic E-state index is 11.3. The number of hydrogen-bond acceptors (Lipinski definition) is 1. The summed E-state index contributed by atoms with van der Waals surface area (Å²) in [6, 6.07) is 13.7. The lowest BCUT2D eigenvalue weighted by atomic mass is 10.0. The van der Waals surface area contributed by atoms with E-state index in [9.17, 15) is 9.90 Å². The Kier molecular flexibility index (Phi) is 4.25. The van der Waals surface area contributed by atoms with E-state index in [1.807, 2.05) is 0 Å². The first-order chi connectivity index (χ1) is 9.06. The largest absolute Gasteiger partial charge is 0.478 e. The Morgan fingerprint density at radius 1 is 1.00 bits per heavy atom. The summed E-state index contributed by atoms with van der Waals surface area (Å²) < 4.78 is 0. The first kappa shape index (κ1) is 13.7. The van der Waals surface area contributed by atoms with Gasteiger partial charge in [-0.3, -0.25) is 0 Å². The second-order valence-electron chi connectivity index (χ2n) is 3.93. The van der Waals surface area contributed by atoms with Crippen LogP contribution in [0.1, 0.15) is 11.1 Å². The van der Waals surface area contributed by atoms with Crippen LogP contribution >= 0.6 is 23.2 Å². The Morgan fingerprint density at radius 3 is 2.26 bits per heavy atom. The molecule has 0 saturated carbocycles. The third-order valence-corrected chi connectivity index (χ3v) is 3.03. The quantitative estimate of drug-likeness (QED) is 0.662. The van der Waals surface area contributed by atoms with Crippen molar-refractivity contribution in [3.05, 3.63) is 69.7 Å². The monoisotopic (exact) mass is 292 g/mol. The minimum atomic E-state index is -0.998. The molecule has 0 amide bonds. The fourth-order valence-corrected chi connectivity index (χ4v) is 1.99. The molecule has 2 aromatic carbocycles. The molecule has 0 radical (unpaired) electrons. The van der Waals surface area contributed by atoms with Gasteiger partial charge in [0.1, 0.15) is 0 Å². The highest BCUT2D eigenvalue weighted by Crippen LogP contribution is 2.22. The van der Waals surface area contributed by atoms with Crippen LogP contribution in [-0.2, 0) is 4.79 Å². The molecule has 0 aliphatic rings. The van der Waals surface area contributed by atoms with Crippen LogP contribution in [0.15, 0.2) is 48.5 Å². The molecule has 0 atom stereocenters. The Hall–Kier alpha value is -1.77. The Bertz CT molecular complexity index is 631. The van der Waals surface area contributed by atoms with Gasteiger partial charge in [-0.25, -0.2) is 4.79 Å². The molecule has 0 fully saturated rings. The minimum Gasteiger partial charge on any atom is -0.478 e. The van der Waals surface area contributed by atoms with Crippen molar-refractivity contribution in [2.75, 3.05) is 0 Å². The van der Waals surface area contributed by atoms with Gasteiger partial charge in [0.2, 0.25) is 0 Å². The topological polar surface area (TPSA) is 37.3 Å². The molecule has 0 aliphatic carbocycles. The highest BCUT2D eigenvalue weighted by molar-refractivity contribution is 6.31. The average molecular weight is 293 g/mol. The van der Waals surface area contributed by atoms with Gasteiger partial charge in [0.05, 0.1) is 5.57 Å². The highest BCUT2D eigenvalue weighted by Gasteiger charge is 2.10. The zero-order chi connectivity index (χ0) is 13.8. The fraction of sp³-hybridized carbons (Fsp3) is 0. The number of halogens is 2. The van der Waals surface area contributed by atoms with Crippen LogP contribution in [0.4, 0.5) is 0 Å². The number of aliphatic carboxylic acids is 1. The molecule has 0 bridgehead atoms. The highest BCUT2D eigenvalue weighted by atomic mass is 35.5. The number of carboxylic acids is 1. The number of rotatable bonds is 3. The van der Waals surface area contributed by atoms with Crippen molar-refractivity contribution in [2.24, 2.45) is 0 Å². The third kappa shape index (κ3) is 3.60. The lowest BCUT2D eigenvalue weighted by Gasteiger charge is -2.04. The standard InChI is InChI=1S/C15H10Cl2O2/c16-12-6-4-11(5-7-12)14(15(18)19)9-10-2-1-3-13(17)8-10/h1-9H,(H,18,19)/b14-9+. The van der Waals surface area contributed by atoms with E-state index in [-0.39, 0.29) is 5.57 Å². The zero-order valence-electron chi connectivity index (χ0n) is 9.81. The Balaban J connectivity index is 2.46. The summed E-state index contributed by atoms with van der Waals surface area (Å²) in [4.78, 5) is 11.3. The first-order valence-corrected chi connectivity index (χ1v) is 6.28. The predicted molar refractivity (Wildman–Crippen MR) is 78.4 cm³/mol. The second-order valence-corrected chi connectivity index (χ2v) is 4.80. The number of carbonyl (C=O) groups is 1. The summed E-state index contributed by atoms with van der Waals surface area (Å²) in [7, 11) is 0. The zero-order valence-corrected chi connectivity index (χ0v) is 11.3. The molecule has 0 heterocycles. The van der Waals surface area contributed by atoms with E-state index in [4.69, 9.17) is 23.2 Å². The van der Waals surface area contributed by atoms with Crippen molar-refractivity contribution in [3.8, 4) is 0 Å². The molecular weight excluding hydrogens is 283 g/mol. The summed E-state index contributed by atoms with van der Waals surface area (Å²) in [6.45, 7) is 0. The molecule has 2 nitrogen and oxygen atoms in total. The first-order valence-electron chi connectivity index (χ1n) is 5.53. The average Bonchev–Trinajstić information content (AvgIpc) is 2.37.